The van der Waals surface area contributed by atoms with E-state index >= 15 is 0 Å². The van der Waals surface area contributed by atoms with Crippen molar-refractivity contribution >= 4 is 22.7 Å². The number of aromatic amines is 1. The first-order valence-corrected chi connectivity index (χ1v) is 11.0. The van der Waals surface area contributed by atoms with Crippen LogP contribution in [0.25, 0.3) is 10.9 Å². The van der Waals surface area contributed by atoms with Crippen molar-refractivity contribution in [3.8, 4) is 0 Å². The first-order valence-electron chi connectivity index (χ1n) is 11.0. The number of piperidine rings is 1. The standard InChI is InChI=1S/C23H33N5O4/c1-23(2,15-26(3)4)14-24-20(30)16-9-11-27(12-10-16)19(29)13-28-21(31)17-7-5-6-8-18(17)25-22(28)32/h5-8,16H,9-15H2,1-4H3,(H,24,30)(H,25,32). The molecule has 0 bridgehead atoms. The molecule has 0 atom stereocenters. The first-order chi connectivity index (χ1) is 15.1. The SMILES string of the molecule is CN(C)CC(C)(C)CNC(=O)C1CCN(C(=O)Cn2c(=O)[nH]c3ccccc3c2=O)CC1. The average molecular weight is 444 g/mol. The number of fused-ring (bicyclic) bond motifs is 1. The minimum absolute atomic E-state index is 0.0196. The number of H-pyrrole nitrogens is 1. The smallest absolute Gasteiger partial charge is 0.329 e. The molecule has 0 radical (unpaired) electrons. The van der Waals surface area contributed by atoms with E-state index in [1.807, 2.05) is 14.1 Å². The van der Waals surface area contributed by atoms with Crippen LogP contribution >= 0.6 is 0 Å². The Morgan fingerprint density at radius 3 is 2.47 bits per heavy atom. The Labute approximate surface area is 187 Å². The lowest BCUT2D eigenvalue weighted by atomic mass is 9.91. The van der Waals surface area contributed by atoms with Crippen molar-refractivity contribution in [3.63, 3.8) is 0 Å². The molecule has 0 unspecified atom stereocenters. The van der Waals surface area contributed by atoms with Gasteiger partial charge in [-0.1, -0.05) is 26.0 Å². The predicted molar refractivity (Wildman–Crippen MR) is 123 cm³/mol. The summed E-state index contributed by atoms with van der Waals surface area (Å²) in [6.07, 6.45) is 1.13. The third kappa shape index (κ3) is 5.64. The van der Waals surface area contributed by atoms with Crippen molar-refractivity contribution in [1.82, 2.24) is 24.7 Å². The number of rotatable bonds is 7. The predicted octanol–water partition coefficient (Wildman–Crippen LogP) is 0.632. The van der Waals surface area contributed by atoms with E-state index in [4.69, 9.17) is 0 Å². The molecule has 0 aliphatic carbocycles. The largest absolute Gasteiger partial charge is 0.355 e. The maximum atomic E-state index is 12.8. The summed E-state index contributed by atoms with van der Waals surface area (Å²) in [5.41, 5.74) is -0.661. The number of carbonyl (C=O) groups excluding carboxylic acids is 2. The second kappa shape index (κ2) is 9.68. The van der Waals surface area contributed by atoms with Crippen molar-refractivity contribution in [2.75, 3.05) is 40.3 Å². The van der Waals surface area contributed by atoms with Crippen LogP contribution in [-0.4, -0.2) is 71.4 Å². The van der Waals surface area contributed by atoms with Crippen molar-refractivity contribution in [2.45, 2.75) is 33.2 Å². The van der Waals surface area contributed by atoms with Crippen LogP contribution < -0.4 is 16.6 Å². The van der Waals surface area contributed by atoms with Gasteiger partial charge in [0.1, 0.15) is 6.54 Å². The summed E-state index contributed by atoms with van der Waals surface area (Å²) in [5, 5.41) is 3.42. The maximum Gasteiger partial charge on any atom is 0.329 e. The molecule has 1 fully saturated rings. The highest BCUT2D eigenvalue weighted by atomic mass is 16.2. The number of hydrogen-bond acceptors (Lipinski definition) is 5. The Kier molecular flexibility index (Phi) is 7.18. The number of nitrogens with zero attached hydrogens (tertiary/aromatic N) is 3. The van der Waals surface area contributed by atoms with Crippen LogP contribution in [0.15, 0.2) is 33.9 Å². The van der Waals surface area contributed by atoms with Gasteiger partial charge in [-0.3, -0.25) is 19.0 Å². The molecule has 1 aliphatic heterocycles. The van der Waals surface area contributed by atoms with Gasteiger partial charge in [0.05, 0.1) is 10.9 Å². The van der Waals surface area contributed by atoms with Gasteiger partial charge in [0, 0.05) is 32.1 Å². The lowest BCUT2D eigenvalue weighted by Crippen LogP contribution is -2.48. The molecule has 0 spiro atoms. The number of likely N-dealkylation sites (tertiary alicyclic amines) is 1. The highest BCUT2D eigenvalue weighted by molar-refractivity contribution is 5.80. The lowest BCUT2D eigenvalue weighted by molar-refractivity contribution is -0.136. The highest BCUT2D eigenvalue weighted by Gasteiger charge is 2.29. The summed E-state index contributed by atoms with van der Waals surface area (Å²) >= 11 is 0. The molecule has 1 aromatic heterocycles. The average Bonchev–Trinajstić information content (AvgIpc) is 2.74. The van der Waals surface area contributed by atoms with Gasteiger partial charge in [-0.15, -0.1) is 0 Å². The molecule has 2 aromatic rings. The molecule has 2 N–H and O–H groups in total. The number of hydrogen-bond donors (Lipinski definition) is 2. The number of benzene rings is 1. The fourth-order valence-electron chi connectivity index (χ4n) is 4.35. The van der Waals surface area contributed by atoms with Crippen LogP contribution in [0.3, 0.4) is 0 Å². The third-order valence-electron chi connectivity index (χ3n) is 5.89. The molecule has 9 nitrogen and oxygen atoms in total. The normalized spacial score (nSPS) is 15.3. The number of nitrogens with one attached hydrogen (secondary N) is 2. The summed E-state index contributed by atoms with van der Waals surface area (Å²) in [5.74, 6) is -0.411. The quantitative estimate of drug-likeness (QED) is 0.653. The van der Waals surface area contributed by atoms with E-state index in [1.54, 1.807) is 29.2 Å². The van der Waals surface area contributed by atoms with Crippen LogP contribution in [0, 0.1) is 11.3 Å². The molecule has 2 heterocycles. The van der Waals surface area contributed by atoms with E-state index in [0.29, 0.717) is 43.4 Å². The molecule has 1 aromatic carbocycles. The second-order valence-corrected chi connectivity index (χ2v) is 9.64. The van der Waals surface area contributed by atoms with Gasteiger partial charge < -0.3 is 20.1 Å². The Hall–Kier alpha value is -2.94. The minimum Gasteiger partial charge on any atom is -0.355 e. The number of carbonyl (C=O) groups is 2. The van der Waals surface area contributed by atoms with Gasteiger partial charge in [0.25, 0.3) is 5.56 Å². The second-order valence-electron chi connectivity index (χ2n) is 9.64. The minimum atomic E-state index is -0.600. The summed E-state index contributed by atoms with van der Waals surface area (Å²) in [6.45, 7) is 6.24. The van der Waals surface area contributed by atoms with E-state index in [-0.39, 0.29) is 29.7 Å². The molecule has 9 heteroatoms. The van der Waals surface area contributed by atoms with Crippen LogP contribution in [0.4, 0.5) is 0 Å². The van der Waals surface area contributed by atoms with Crippen molar-refractivity contribution in [3.05, 3.63) is 45.1 Å². The highest BCUT2D eigenvalue weighted by Crippen LogP contribution is 2.19. The molecule has 2 amide bonds. The Bertz CT molecular complexity index is 1090. The number of amides is 2. The summed E-state index contributed by atoms with van der Waals surface area (Å²) in [6, 6.07) is 6.72. The van der Waals surface area contributed by atoms with Crippen molar-refractivity contribution in [1.29, 1.82) is 0 Å². The van der Waals surface area contributed by atoms with Gasteiger partial charge in [-0.2, -0.15) is 0 Å². The van der Waals surface area contributed by atoms with Gasteiger partial charge in [-0.25, -0.2) is 4.79 Å². The van der Waals surface area contributed by atoms with Crippen LogP contribution in [-0.2, 0) is 16.1 Å². The molecule has 3 rings (SSSR count). The fraction of sp³-hybridized carbons (Fsp3) is 0.565. The summed E-state index contributed by atoms with van der Waals surface area (Å²) < 4.78 is 0.941. The zero-order valence-corrected chi connectivity index (χ0v) is 19.3. The molecule has 1 saturated heterocycles. The molecular weight excluding hydrogens is 410 g/mol. The van der Waals surface area contributed by atoms with E-state index in [1.165, 1.54) is 0 Å². The monoisotopic (exact) mass is 443 g/mol. The van der Waals surface area contributed by atoms with Crippen LogP contribution in [0.1, 0.15) is 26.7 Å². The van der Waals surface area contributed by atoms with Gasteiger partial charge in [0.2, 0.25) is 11.8 Å². The zero-order valence-electron chi connectivity index (χ0n) is 19.3. The van der Waals surface area contributed by atoms with E-state index in [2.05, 4.69) is 29.0 Å². The van der Waals surface area contributed by atoms with Crippen LogP contribution in [0.2, 0.25) is 0 Å². The molecule has 1 aliphatic rings. The van der Waals surface area contributed by atoms with E-state index < -0.39 is 11.2 Å². The van der Waals surface area contributed by atoms with E-state index in [9.17, 15) is 19.2 Å². The topological polar surface area (TPSA) is 108 Å². The lowest BCUT2D eigenvalue weighted by Gasteiger charge is -2.33. The van der Waals surface area contributed by atoms with Gasteiger partial charge in [-0.05, 0) is 44.5 Å². The summed E-state index contributed by atoms with van der Waals surface area (Å²) in [7, 11) is 4.02. The Morgan fingerprint density at radius 2 is 1.81 bits per heavy atom. The van der Waals surface area contributed by atoms with Gasteiger partial charge in [0.15, 0.2) is 0 Å². The van der Waals surface area contributed by atoms with E-state index in [0.717, 1.165) is 11.1 Å². The molecule has 32 heavy (non-hydrogen) atoms. The zero-order chi connectivity index (χ0) is 23.5. The maximum absolute atomic E-state index is 12.8. The van der Waals surface area contributed by atoms with Crippen molar-refractivity contribution < 1.29 is 9.59 Å². The Morgan fingerprint density at radius 1 is 1.16 bits per heavy atom. The fourth-order valence-corrected chi connectivity index (χ4v) is 4.35. The molecule has 0 saturated carbocycles. The summed E-state index contributed by atoms with van der Waals surface area (Å²) in [4.78, 5) is 56.7. The Balaban J connectivity index is 1.56. The van der Waals surface area contributed by atoms with Crippen LogP contribution in [0.5, 0.6) is 0 Å². The first kappa shape index (κ1) is 23.7. The van der Waals surface area contributed by atoms with Crippen molar-refractivity contribution in [2.24, 2.45) is 11.3 Å². The van der Waals surface area contributed by atoms with Gasteiger partial charge >= 0.3 is 5.69 Å². The number of para-hydroxylation sites is 1. The molecule has 174 valence electrons. The number of aromatic nitrogens is 2. The molecular formula is C23H33N5O4. The third-order valence-corrected chi connectivity index (χ3v) is 5.89.